The van der Waals surface area contributed by atoms with Gasteiger partial charge in [-0.1, -0.05) is 57.2 Å². The molecule has 35 heavy (non-hydrogen) atoms. The molecule has 1 amide bonds. The minimum atomic E-state index is -0.963. The maximum absolute atomic E-state index is 13.2. The number of aromatic nitrogens is 1. The van der Waals surface area contributed by atoms with Gasteiger partial charge in [-0.25, -0.2) is 0 Å². The van der Waals surface area contributed by atoms with Crippen molar-refractivity contribution in [3.8, 4) is 0 Å². The molecule has 1 saturated heterocycles. The molecule has 0 radical (unpaired) electrons. The lowest BCUT2D eigenvalue weighted by molar-refractivity contribution is -0.136. The minimum absolute atomic E-state index is 0.0145. The SMILES string of the molecule is CC(C)(C)c1ccc(C2/C(=C(/O)c3ccncc3)C(=O)C(=O)N2c2ccc(CC(=O)O)cc2)cc1. The first-order chi connectivity index (χ1) is 16.6. The number of Topliss-reactive ketones (excluding diaryl/α,β-unsaturated/α-hetero) is 1. The molecule has 0 bridgehead atoms. The molecule has 0 saturated carbocycles. The van der Waals surface area contributed by atoms with Crippen molar-refractivity contribution in [3.05, 3.63) is 101 Å². The number of nitrogens with zero attached hydrogens (tertiary/aromatic N) is 2. The summed E-state index contributed by atoms with van der Waals surface area (Å²) in [4.78, 5) is 42.8. The topological polar surface area (TPSA) is 108 Å². The van der Waals surface area contributed by atoms with Gasteiger partial charge < -0.3 is 10.2 Å². The van der Waals surface area contributed by atoms with E-state index in [1.54, 1.807) is 36.4 Å². The fourth-order valence-electron chi connectivity index (χ4n) is 4.19. The number of ketones is 1. The van der Waals surface area contributed by atoms with Crippen LogP contribution >= 0.6 is 0 Å². The zero-order valence-corrected chi connectivity index (χ0v) is 19.7. The molecule has 178 valence electrons. The number of hydrogen-bond donors (Lipinski definition) is 2. The lowest BCUT2D eigenvalue weighted by Crippen LogP contribution is -2.29. The fraction of sp³-hybridized carbons (Fsp3) is 0.214. The number of rotatable bonds is 5. The third-order valence-corrected chi connectivity index (χ3v) is 6.06. The molecule has 1 aliphatic heterocycles. The van der Waals surface area contributed by atoms with Gasteiger partial charge in [0.15, 0.2) is 0 Å². The van der Waals surface area contributed by atoms with Crippen LogP contribution in [0.5, 0.6) is 0 Å². The highest BCUT2D eigenvalue weighted by Crippen LogP contribution is 2.42. The van der Waals surface area contributed by atoms with Crippen molar-refractivity contribution in [2.45, 2.75) is 38.6 Å². The van der Waals surface area contributed by atoms with Crippen LogP contribution in [0.15, 0.2) is 78.6 Å². The molecule has 2 N–H and O–H groups in total. The number of aliphatic hydroxyl groups excluding tert-OH is 1. The first-order valence-corrected chi connectivity index (χ1v) is 11.2. The predicted molar refractivity (Wildman–Crippen MR) is 132 cm³/mol. The van der Waals surface area contributed by atoms with E-state index in [1.165, 1.54) is 17.3 Å². The van der Waals surface area contributed by atoms with Gasteiger partial charge in [0, 0.05) is 23.6 Å². The summed E-state index contributed by atoms with van der Waals surface area (Å²) in [5, 5.41) is 20.2. The van der Waals surface area contributed by atoms with E-state index in [0.717, 1.165) is 5.56 Å². The van der Waals surface area contributed by atoms with E-state index in [-0.39, 0.29) is 23.2 Å². The number of carbonyl (C=O) groups excluding carboxylic acids is 2. The second-order valence-corrected chi connectivity index (χ2v) is 9.51. The van der Waals surface area contributed by atoms with E-state index in [1.807, 2.05) is 24.3 Å². The van der Waals surface area contributed by atoms with Crippen LogP contribution in [0.25, 0.3) is 5.76 Å². The largest absolute Gasteiger partial charge is 0.507 e. The van der Waals surface area contributed by atoms with E-state index < -0.39 is 23.7 Å². The van der Waals surface area contributed by atoms with E-state index in [9.17, 15) is 19.5 Å². The molecule has 3 aromatic rings. The van der Waals surface area contributed by atoms with Gasteiger partial charge in [-0.3, -0.25) is 24.3 Å². The maximum Gasteiger partial charge on any atom is 0.307 e. The van der Waals surface area contributed by atoms with Gasteiger partial charge >= 0.3 is 5.97 Å². The molecular formula is C28H26N2O5. The number of hydrogen-bond acceptors (Lipinski definition) is 5. The van der Waals surface area contributed by atoms with Crippen LogP contribution in [0.3, 0.4) is 0 Å². The van der Waals surface area contributed by atoms with E-state index in [0.29, 0.717) is 22.4 Å². The van der Waals surface area contributed by atoms with Crippen LogP contribution < -0.4 is 4.90 Å². The molecule has 1 fully saturated rings. The van der Waals surface area contributed by atoms with Crippen molar-refractivity contribution in [2.24, 2.45) is 0 Å². The Morgan fingerprint density at radius 3 is 2.06 bits per heavy atom. The zero-order chi connectivity index (χ0) is 25.3. The summed E-state index contributed by atoms with van der Waals surface area (Å²) in [5.74, 6) is -2.80. The fourth-order valence-corrected chi connectivity index (χ4v) is 4.19. The molecule has 2 aromatic carbocycles. The molecular weight excluding hydrogens is 444 g/mol. The van der Waals surface area contributed by atoms with Crippen LogP contribution in [0.2, 0.25) is 0 Å². The van der Waals surface area contributed by atoms with Gasteiger partial charge in [0.1, 0.15) is 5.76 Å². The summed E-state index contributed by atoms with van der Waals surface area (Å²) in [5.41, 5.74) is 3.04. The van der Waals surface area contributed by atoms with Crippen molar-refractivity contribution in [3.63, 3.8) is 0 Å². The molecule has 1 atom stereocenters. The molecule has 2 heterocycles. The summed E-state index contributed by atoms with van der Waals surface area (Å²) in [6.07, 6.45) is 2.84. The number of amides is 1. The van der Waals surface area contributed by atoms with E-state index in [4.69, 9.17) is 5.11 Å². The van der Waals surface area contributed by atoms with E-state index >= 15 is 0 Å². The highest BCUT2D eigenvalue weighted by Gasteiger charge is 2.47. The average molecular weight is 471 g/mol. The van der Waals surface area contributed by atoms with Gasteiger partial charge in [0.05, 0.1) is 18.0 Å². The number of carbonyl (C=O) groups is 3. The van der Waals surface area contributed by atoms with Crippen LogP contribution in [0.4, 0.5) is 5.69 Å². The molecule has 0 spiro atoms. The number of carboxylic acid groups (broad SMARTS) is 1. The Morgan fingerprint density at radius 1 is 0.914 bits per heavy atom. The first kappa shape index (κ1) is 23.9. The van der Waals surface area contributed by atoms with Gasteiger partial charge in [-0.15, -0.1) is 0 Å². The summed E-state index contributed by atoms with van der Waals surface area (Å²) >= 11 is 0. The Labute approximate surface area is 203 Å². The van der Waals surface area contributed by atoms with Crippen LogP contribution in [-0.4, -0.2) is 32.9 Å². The third-order valence-electron chi connectivity index (χ3n) is 6.06. The highest BCUT2D eigenvalue weighted by atomic mass is 16.4. The standard InChI is InChI=1S/C28H26N2O5/c1-28(2,3)20-8-6-18(7-9-20)24-23(25(33)19-12-14-29-15-13-19)26(34)27(35)30(24)21-10-4-17(5-11-21)16-22(31)32/h4-15,24,33H,16H2,1-3H3,(H,31,32)/b25-23-. The normalized spacial score (nSPS) is 17.6. The van der Waals surface area contributed by atoms with Crippen LogP contribution in [0.1, 0.15) is 49.1 Å². The summed E-state index contributed by atoms with van der Waals surface area (Å²) in [7, 11) is 0. The van der Waals surface area contributed by atoms with Crippen LogP contribution in [-0.2, 0) is 26.2 Å². The Bertz CT molecular complexity index is 1300. The smallest absolute Gasteiger partial charge is 0.307 e. The number of carboxylic acids is 1. The van der Waals surface area contributed by atoms with Crippen molar-refractivity contribution < 1.29 is 24.6 Å². The molecule has 1 unspecified atom stereocenters. The number of aliphatic hydroxyl groups is 1. The number of benzene rings is 2. The summed E-state index contributed by atoms with van der Waals surface area (Å²) in [6.45, 7) is 6.28. The Kier molecular flexibility index (Phi) is 6.26. The summed E-state index contributed by atoms with van der Waals surface area (Å²) < 4.78 is 0. The average Bonchev–Trinajstić information content (AvgIpc) is 3.09. The molecule has 0 aliphatic carbocycles. The predicted octanol–water partition coefficient (Wildman–Crippen LogP) is 4.63. The first-order valence-electron chi connectivity index (χ1n) is 11.2. The van der Waals surface area contributed by atoms with Gasteiger partial charge in [0.2, 0.25) is 0 Å². The molecule has 7 heteroatoms. The lowest BCUT2D eigenvalue weighted by Gasteiger charge is -2.26. The number of aliphatic carboxylic acids is 1. The minimum Gasteiger partial charge on any atom is -0.507 e. The number of anilines is 1. The highest BCUT2D eigenvalue weighted by molar-refractivity contribution is 6.51. The Balaban J connectivity index is 1.87. The van der Waals surface area contributed by atoms with Crippen LogP contribution in [0, 0.1) is 0 Å². The molecule has 7 nitrogen and oxygen atoms in total. The van der Waals surface area contributed by atoms with Gasteiger partial charge in [0.25, 0.3) is 11.7 Å². The monoisotopic (exact) mass is 470 g/mol. The number of pyridine rings is 1. The van der Waals surface area contributed by atoms with Crippen molar-refractivity contribution >= 4 is 29.1 Å². The lowest BCUT2D eigenvalue weighted by atomic mass is 9.85. The van der Waals surface area contributed by atoms with Crippen molar-refractivity contribution in [2.75, 3.05) is 4.90 Å². The second-order valence-electron chi connectivity index (χ2n) is 9.51. The van der Waals surface area contributed by atoms with Crippen molar-refractivity contribution in [1.29, 1.82) is 0 Å². The van der Waals surface area contributed by atoms with Gasteiger partial charge in [-0.05, 0) is 46.4 Å². The van der Waals surface area contributed by atoms with Gasteiger partial charge in [-0.2, -0.15) is 0 Å². The maximum atomic E-state index is 13.2. The quantitative estimate of drug-likeness (QED) is 0.320. The Hall–Kier alpha value is -4.26. The second kappa shape index (κ2) is 9.18. The Morgan fingerprint density at radius 2 is 1.51 bits per heavy atom. The molecule has 1 aliphatic rings. The zero-order valence-electron chi connectivity index (χ0n) is 19.7. The summed E-state index contributed by atoms with van der Waals surface area (Å²) in [6, 6.07) is 16.4. The van der Waals surface area contributed by atoms with E-state index in [2.05, 4.69) is 25.8 Å². The molecule has 1 aromatic heterocycles. The third kappa shape index (κ3) is 4.71. The van der Waals surface area contributed by atoms with Crippen molar-refractivity contribution in [1.82, 2.24) is 4.98 Å². The molecule has 4 rings (SSSR count).